The number of amides is 1. The molecule has 2 aromatic rings. The molecule has 0 unspecified atom stereocenters. The topological polar surface area (TPSA) is 49.3 Å². The van der Waals surface area contributed by atoms with Crippen LogP contribution in [0.2, 0.25) is 0 Å². The Morgan fingerprint density at radius 1 is 1.30 bits per heavy atom. The molecule has 2 aromatic heterocycles. The van der Waals surface area contributed by atoms with Crippen LogP contribution in [0.5, 0.6) is 0 Å². The molecule has 1 aliphatic heterocycles. The quantitative estimate of drug-likeness (QED) is 0.868. The van der Waals surface area contributed by atoms with Gasteiger partial charge in [0.05, 0.1) is 5.69 Å². The molecule has 0 radical (unpaired) electrons. The minimum atomic E-state index is 0.171. The molecule has 0 aromatic carbocycles. The average Bonchev–Trinajstić information content (AvgIpc) is 2.97. The number of hydrogen-bond acceptors (Lipinski definition) is 5. The lowest BCUT2D eigenvalue weighted by atomic mass is 10.1. The summed E-state index contributed by atoms with van der Waals surface area (Å²) in [6.07, 6.45) is 3.64. The van der Waals surface area contributed by atoms with E-state index in [9.17, 15) is 4.79 Å². The van der Waals surface area contributed by atoms with Gasteiger partial charge in [-0.15, -0.1) is 11.3 Å². The van der Waals surface area contributed by atoms with Crippen molar-refractivity contribution in [2.24, 2.45) is 0 Å². The predicted octanol–water partition coefficient (Wildman–Crippen LogP) is 2.74. The number of aromatic nitrogens is 2. The van der Waals surface area contributed by atoms with Crippen molar-refractivity contribution in [2.45, 2.75) is 26.8 Å². The van der Waals surface area contributed by atoms with Gasteiger partial charge in [-0.25, -0.2) is 4.98 Å². The largest absolute Gasteiger partial charge is 0.340 e. The first-order chi connectivity index (χ1) is 11.1. The molecule has 3 heterocycles. The third-order valence-corrected chi connectivity index (χ3v) is 5.80. The van der Waals surface area contributed by atoms with Gasteiger partial charge in [0, 0.05) is 62.0 Å². The second kappa shape index (κ2) is 6.76. The fraction of sp³-hybridized carbons (Fsp3) is 0.471. The van der Waals surface area contributed by atoms with E-state index < -0.39 is 0 Å². The van der Waals surface area contributed by atoms with Gasteiger partial charge in [-0.2, -0.15) is 0 Å². The molecule has 0 N–H and O–H groups in total. The summed E-state index contributed by atoms with van der Waals surface area (Å²) in [4.78, 5) is 26.0. The van der Waals surface area contributed by atoms with E-state index in [0.29, 0.717) is 6.04 Å². The molecule has 1 amide bonds. The van der Waals surface area contributed by atoms with E-state index in [1.165, 1.54) is 4.88 Å². The number of hydrogen-bond donors (Lipinski definition) is 0. The smallest absolute Gasteiger partial charge is 0.219 e. The molecule has 1 atom stereocenters. The summed E-state index contributed by atoms with van der Waals surface area (Å²) in [6.45, 7) is 9.41. The molecular weight excluding hydrogens is 308 g/mol. The SMILES string of the molecule is CC(=O)N1CCN([C@H](C)c2sc(-c3cccnc3)nc2C)CC1. The van der Waals surface area contributed by atoms with Crippen molar-refractivity contribution in [3.63, 3.8) is 0 Å². The van der Waals surface area contributed by atoms with Crippen molar-refractivity contribution in [3.05, 3.63) is 35.1 Å². The second-order valence-electron chi connectivity index (χ2n) is 5.93. The summed E-state index contributed by atoms with van der Waals surface area (Å²) in [5.74, 6) is 0.171. The second-order valence-corrected chi connectivity index (χ2v) is 6.96. The van der Waals surface area contributed by atoms with E-state index in [4.69, 9.17) is 4.98 Å². The summed E-state index contributed by atoms with van der Waals surface area (Å²) in [5.41, 5.74) is 2.16. The van der Waals surface area contributed by atoms with Gasteiger partial charge in [0.2, 0.25) is 5.91 Å². The maximum Gasteiger partial charge on any atom is 0.219 e. The van der Waals surface area contributed by atoms with Crippen LogP contribution < -0.4 is 0 Å². The Morgan fingerprint density at radius 2 is 2.04 bits per heavy atom. The molecular formula is C17H22N4OS. The first-order valence-corrected chi connectivity index (χ1v) is 8.75. The molecule has 23 heavy (non-hydrogen) atoms. The van der Waals surface area contributed by atoms with Gasteiger partial charge in [-0.05, 0) is 26.0 Å². The zero-order valence-electron chi connectivity index (χ0n) is 13.8. The van der Waals surface area contributed by atoms with Gasteiger partial charge < -0.3 is 4.90 Å². The molecule has 5 nitrogen and oxygen atoms in total. The Morgan fingerprint density at radius 3 is 2.65 bits per heavy atom. The predicted molar refractivity (Wildman–Crippen MR) is 92.3 cm³/mol. The Labute approximate surface area is 141 Å². The molecule has 122 valence electrons. The molecule has 0 bridgehead atoms. The summed E-state index contributed by atoms with van der Waals surface area (Å²) in [5, 5.41) is 1.03. The Hall–Kier alpha value is -1.79. The maximum absolute atomic E-state index is 11.5. The maximum atomic E-state index is 11.5. The Balaban J connectivity index is 1.75. The van der Waals surface area contributed by atoms with Crippen molar-refractivity contribution >= 4 is 17.2 Å². The molecule has 6 heteroatoms. The third-order valence-electron chi connectivity index (χ3n) is 4.43. The van der Waals surface area contributed by atoms with Gasteiger partial charge in [-0.1, -0.05) is 0 Å². The monoisotopic (exact) mass is 330 g/mol. The van der Waals surface area contributed by atoms with Crippen molar-refractivity contribution in [3.8, 4) is 10.6 Å². The van der Waals surface area contributed by atoms with E-state index in [-0.39, 0.29) is 5.91 Å². The van der Waals surface area contributed by atoms with Crippen LogP contribution in [-0.4, -0.2) is 51.9 Å². The fourth-order valence-corrected chi connectivity index (χ4v) is 4.14. The van der Waals surface area contributed by atoms with Crippen LogP contribution in [0, 0.1) is 6.92 Å². The van der Waals surface area contributed by atoms with Crippen LogP contribution in [0.4, 0.5) is 0 Å². The van der Waals surface area contributed by atoms with Crippen LogP contribution in [0.1, 0.15) is 30.5 Å². The summed E-state index contributed by atoms with van der Waals surface area (Å²) in [6, 6.07) is 4.31. The van der Waals surface area contributed by atoms with Crippen LogP contribution in [0.3, 0.4) is 0 Å². The van der Waals surface area contributed by atoms with E-state index in [1.54, 1.807) is 24.5 Å². The number of carbonyl (C=O) groups is 1. The standard InChI is InChI=1S/C17H22N4OS/c1-12-16(23-17(19-12)15-5-4-6-18-11-15)13(2)20-7-9-21(10-8-20)14(3)22/h4-6,11,13H,7-10H2,1-3H3/t13-/m1/s1. The van der Waals surface area contributed by atoms with Crippen LogP contribution in [0.25, 0.3) is 10.6 Å². The first kappa shape index (κ1) is 16.1. The van der Waals surface area contributed by atoms with Crippen molar-refractivity contribution in [2.75, 3.05) is 26.2 Å². The van der Waals surface area contributed by atoms with E-state index in [1.807, 2.05) is 23.2 Å². The lowest BCUT2D eigenvalue weighted by Crippen LogP contribution is -2.48. The van der Waals surface area contributed by atoms with Crippen LogP contribution >= 0.6 is 11.3 Å². The van der Waals surface area contributed by atoms with E-state index in [0.717, 1.165) is 42.4 Å². The van der Waals surface area contributed by atoms with Crippen molar-refractivity contribution in [1.29, 1.82) is 0 Å². The number of carbonyl (C=O) groups excluding carboxylic acids is 1. The highest BCUT2D eigenvalue weighted by molar-refractivity contribution is 7.15. The number of nitrogens with zero attached hydrogens (tertiary/aromatic N) is 4. The van der Waals surface area contributed by atoms with Crippen molar-refractivity contribution < 1.29 is 4.79 Å². The van der Waals surface area contributed by atoms with Crippen molar-refractivity contribution in [1.82, 2.24) is 19.8 Å². The van der Waals surface area contributed by atoms with Gasteiger partial charge in [0.25, 0.3) is 0 Å². The molecule has 1 fully saturated rings. The normalized spacial score (nSPS) is 17.3. The number of piperazine rings is 1. The third kappa shape index (κ3) is 3.43. The van der Waals surface area contributed by atoms with Gasteiger partial charge in [-0.3, -0.25) is 14.7 Å². The zero-order valence-corrected chi connectivity index (χ0v) is 14.6. The van der Waals surface area contributed by atoms with E-state index in [2.05, 4.69) is 23.7 Å². The first-order valence-electron chi connectivity index (χ1n) is 7.93. The average molecular weight is 330 g/mol. The lowest BCUT2D eigenvalue weighted by molar-refractivity contribution is -0.130. The number of aryl methyl sites for hydroxylation is 1. The van der Waals surface area contributed by atoms with Crippen LogP contribution in [0.15, 0.2) is 24.5 Å². The Kier molecular flexibility index (Phi) is 4.73. The highest BCUT2D eigenvalue weighted by Crippen LogP contribution is 2.34. The molecule has 0 spiro atoms. The number of pyridine rings is 1. The summed E-state index contributed by atoms with van der Waals surface area (Å²) >= 11 is 1.75. The fourth-order valence-electron chi connectivity index (χ4n) is 3.00. The summed E-state index contributed by atoms with van der Waals surface area (Å²) < 4.78 is 0. The highest BCUT2D eigenvalue weighted by Gasteiger charge is 2.25. The lowest BCUT2D eigenvalue weighted by Gasteiger charge is -2.37. The Bertz CT molecular complexity index is 677. The molecule has 0 saturated carbocycles. The van der Waals surface area contributed by atoms with Gasteiger partial charge in [0.15, 0.2) is 0 Å². The molecule has 3 rings (SSSR count). The minimum Gasteiger partial charge on any atom is -0.340 e. The summed E-state index contributed by atoms with van der Waals surface area (Å²) in [7, 11) is 0. The molecule has 1 saturated heterocycles. The van der Waals surface area contributed by atoms with Crippen LogP contribution in [-0.2, 0) is 4.79 Å². The number of rotatable bonds is 3. The molecule has 1 aliphatic rings. The van der Waals surface area contributed by atoms with Gasteiger partial charge >= 0.3 is 0 Å². The number of thiazole rings is 1. The minimum absolute atomic E-state index is 0.171. The van der Waals surface area contributed by atoms with E-state index >= 15 is 0 Å². The zero-order chi connectivity index (χ0) is 16.4. The highest BCUT2D eigenvalue weighted by atomic mass is 32.1. The molecule has 0 aliphatic carbocycles. The van der Waals surface area contributed by atoms with Gasteiger partial charge in [0.1, 0.15) is 5.01 Å².